The van der Waals surface area contributed by atoms with Crippen molar-refractivity contribution < 1.29 is 9.53 Å². The first-order chi connectivity index (χ1) is 7.62. The van der Waals surface area contributed by atoms with E-state index in [9.17, 15) is 10.1 Å². The standard InChI is InChI=1S/C13H21NO2/c1-5-9-11(6-2)13(7-3,10-14)12(15)16-8-4/h6H,5,7-9H2,1-4H3/b11-6+/t13-/m0/s1. The molecule has 0 saturated carbocycles. The van der Waals surface area contributed by atoms with Crippen LogP contribution in [0.5, 0.6) is 0 Å². The number of allylic oxidation sites excluding steroid dienone is 1. The number of ether oxygens (including phenoxy) is 1. The zero-order valence-electron chi connectivity index (χ0n) is 10.7. The maximum atomic E-state index is 11.9. The summed E-state index contributed by atoms with van der Waals surface area (Å²) >= 11 is 0. The van der Waals surface area contributed by atoms with Crippen LogP contribution in [0.1, 0.15) is 47.0 Å². The SMILES string of the molecule is C/C=C(\CCC)[C@@](C#N)(CC)C(=O)OCC. The van der Waals surface area contributed by atoms with Gasteiger partial charge in [0, 0.05) is 0 Å². The Morgan fingerprint density at radius 1 is 1.44 bits per heavy atom. The van der Waals surface area contributed by atoms with E-state index in [-0.39, 0.29) is 0 Å². The third kappa shape index (κ3) is 2.85. The minimum atomic E-state index is -1.08. The first kappa shape index (κ1) is 14.7. The van der Waals surface area contributed by atoms with Gasteiger partial charge in [0.15, 0.2) is 5.41 Å². The van der Waals surface area contributed by atoms with Crippen LogP contribution in [0.4, 0.5) is 0 Å². The lowest BCUT2D eigenvalue weighted by Gasteiger charge is -2.25. The number of nitrogens with zero attached hydrogens (tertiary/aromatic N) is 1. The zero-order chi connectivity index (χ0) is 12.6. The maximum absolute atomic E-state index is 11.9. The van der Waals surface area contributed by atoms with Gasteiger partial charge in [-0.3, -0.25) is 0 Å². The highest BCUT2D eigenvalue weighted by molar-refractivity contribution is 5.84. The lowest BCUT2D eigenvalue weighted by molar-refractivity contribution is -0.150. The number of hydrogen-bond donors (Lipinski definition) is 0. The molecule has 16 heavy (non-hydrogen) atoms. The first-order valence-corrected chi connectivity index (χ1v) is 5.86. The highest BCUT2D eigenvalue weighted by Gasteiger charge is 2.41. The Morgan fingerprint density at radius 3 is 2.38 bits per heavy atom. The Balaban J connectivity index is 5.24. The summed E-state index contributed by atoms with van der Waals surface area (Å²) in [7, 11) is 0. The predicted octanol–water partition coefficient (Wildman–Crippen LogP) is 3.22. The maximum Gasteiger partial charge on any atom is 0.330 e. The number of esters is 1. The van der Waals surface area contributed by atoms with Gasteiger partial charge in [-0.25, -0.2) is 4.79 Å². The molecular formula is C13H21NO2. The fourth-order valence-electron chi connectivity index (χ4n) is 1.83. The fraction of sp³-hybridized carbons (Fsp3) is 0.692. The minimum absolute atomic E-state index is 0.311. The summed E-state index contributed by atoms with van der Waals surface area (Å²) in [6.07, 6.45) is 4.01. The Bertz CT molecular complexity index is 302. The quantitative estimate of drug-likeness (QED) is 0.513. The van der Waals surface area contributed by atoms with E-state index in [1.54, 1.807) is 6.92 Å². The van der Waals surface area contributed by atoms with Gasteiger partial charge in [0.05, 0.1) is 12.7 Å². The summed E-state index contributed by atoms with van der Waals surface area (Å²) in [6, 6.07) is 2.14. The molecule has 0 aromatic carbocycles. The average Bonchev–Trinajstić information content (AvgIpc) is 2.30. The van der Waals surface area contributed by atoms with E-state index in [2.05, 4.69) is 6.07 Å². The van der Waals surface area contributed by atoms with Gasteiger partial charge in [-0.1, -0.05) is 26.3 Å². The summed E-state index contributed by atoms with van der Waals surface area (Å²) < 4.78 is 5.02. The van der Waals surface area contributed by atoms with Gasteiger partial charge in [0.1, 0.15) is 0 Å². The predicted molar refractivity (Wildman–Crippen MR) is 63.6 cm³/mol. The molecule has 3 heteroatoms. The van der Waals surface area contributed by atoms with E-state index < -0.39 is 11.4 Å². The normalized spacial score (nSPS) is 15.1. The van der Waals surface area contributed by atoms with Gasteiger partial charge in [0.25, 0.3) is 0 Å². The molecule has 90 valence electrons. The molecule has 0 aliphatic heterocycles. The monoisotopic (exact) mass is 223 g/mol. The molecule has 0 aromatic heterocycles. The molecule has 0 radical (unpaired) electrons. The molecule has 0 bridgehead atoms. The fourth-order valence-corrected chi connectivity index (χ4v) is 1.83. The molecule has 0 heterocycles. The number of nitriles is 1. The molecule has 0 spiro atoms. The lowest BCUT2D eigenvalue weighted by Crippen LogP contribution is -2.33. The van der Waals surface area contributed by atoms with Crippen LogP contribution in [0.15, 0.2) is 11.6 Å². The molecule has 0 unspecified atom stereocenters. The van der Waals surface area contributed by atoms with E-state index in [1.807, 2.05) is 26.8 Å². The molecule has 0 N–H and O–H groups in total. The molecule has 0 aliphatic carbocycles. The van der Waals surface area contributed by atoms with Crippen LogP contribution >= 0.6 is 0 Å². The number of carbonyl (C=O) groups excluding carboxylic acids is 1. The first-order valence-electron chi connectivity index (χ1n) is 5.86. The molecule has 3 nitrogen and oxygen atoms in total. The van der Waals surface area contributed by atoms with Crippen LogP contribution < -0.4 is 0 Å². The third-order valence-corrected chi connectivity index (χ3v) is 2.76. The van der Waals surface area contributed by atoms with Crippen LogP contribution in [0.2, 0.25) is 0 Å². The van der Waals surface area contributed by atoms with E-state index in [4.69, 9.17) is 4.74 Å². The van der Waals surface area contributed by atoms with Crippen LogP contribution in [-0.4, -0.2) is 12.6 Å². The van der Waals surface area contributed by atoms with Crippen molar-refractivity contribution in [1.29, 1.82) is 5.26 Å². The lowest BCUT2D eigenvalue weighted by atomic mass is 9.77. The third-order valence-electron chi connectivity index (χ3n) is 2.76. The van der Waals surface area contributed by atoms with Crippen molar-refractivity contribution in [1.82, 2.24) is 0 Å². The van der Waals surface area contributed by atoms with Crippen molar-refractivity contribution in [3.63, 3.8) is 0 Å². The highest BCUT2D eigenvalue weighted by Crippen LogP contribution is 2.35. The van der Waals surface area contributed by atoms with Crippen LogP contribution in [0.25, 0.3) is 0 Å². The topological polar surface area (TPSA) is 50.1 Å². The van der Waals surface area contributed by atoms with Gasteiger partial charge in [0.2, 0.25) is 0 Å². The molecule has 0 saturated heterocycles. The summed E-state index contributed by atoms with van der Waals surface area (Å²) in [4.78, 5) is 11.9. The van der Waals surface area contributed by atoms with Crippen LogP contribution in [0, 0.1) is 16.7 Å². The number of hydrogen-bond acceptors (Lipinski definition) is 3. The van der Waals surface area contributed by atoms with Crippen LogP contribution in [-0.2, 0) is 9.53 Å². The summed E-state index contributed by atoms with van der Waals surface area (Å²) in [5.41, 5.74) is -0.209. The minimum Gasteiger partial charge on any atom is -0.465 e. The van der Waals surface area contributed by atoms with Crippen molar-refractivity contribution in [3.8, 4) is 6.07 Å². The molecule has 0 aromatic rings. The molecule has 0 fully saturated rings. The molecule has 0 rings (SSSR count). The highest BCUT2D eigenvalue weighted by atomic mass is 16.5. The Morgan fingerprint density at radius 2 is 2.06 bits per heavy atom. The van der Waals surface area contributed by atoms with E-state index in [0.29, 0.717) is 13.0 Å². The molecule has 0 amide bonds. The Hall–Kier alpha value is -1.30. The van der Waals surface area contributed by atoms with Gasteiger partial charge in [-0.2, -0.15) is 5.26 Å². The Labute approximate surface area is 98.1 Å². The summed E-state index contributed by atoms with van der Waals surface area (Å²) in [5.74, 6) is -0.415. The zero-order valence-corrected chi connectivity index (χ0v) is 10.7. The van der Waals surface area contributed by atoms with E-state index in [1.165, 1.54) is 0 Å². The smallest absolute Gasteiger partial charge is 0.330 e. The second kappa shape index (κ2) is 7.05. The van der Waals surface area contributed by atoms with Gasteiger partial charge >= 0.3 is 5.97 Å². The average molecular weight is 223 g/mol. The second-order valence-electron chi connectivity index (χ2n) is 3.66. The van der Waals surface area contributed by atoms with Crippen molar-refractivity contribution in [3.05, 3.63) is 11.6 Å². The number of carbonyl (C=O) groups is 1. The van der Waals surface area contributed by atoms with E-state index in [0.717, 1.165) is 18.4 Å². The van der Waals surface area contributed by atoms with Gasteiger partial charge < -0.3 is 4.74 Å². The molecular weight excluding hydrogens is 202 g/mol. The van der Waals surface area contributed by atoms with Crippen molar-refractivity contribution >= 4 is 5.97 Å². The summed E-state index contributed by atoms with van der Waals surface area (Å²) in [5, 5.41) is 9.31. The molecule has 1 atom stereocenters. The number of rotatable bonds is 6. The molecule has 0 aliphatic rings. The summed E-state index contributed by atoms with van der Waals surface area (Å²) in [6.45, 7) is 7.81. The van der Waals surface area contributed by atoms with Crippen molar-refractivity contribution in [2.45, 2.75) is 47.0 Å². The van der Waals surface area contributed by atoms with E-state index >= 15 is 0 Å². The van der Waals surface area contributed by atoms with Crippen molar-refractivity contribution in [2.24, 2.45) is 5.41 Å². The second-order valence-corrected chi connectivity index (χ2v) is 3.66. The Kier molecular flexibility index (Phi) is 6.48. The van der Waals surface area contributed by atoms with Gasteiger partial charge in [-0.05, 0) is 32.3 Å². The van der Waals surface area contributed by atoms with Gasteiger partial charge in [-0.15, -0.1) is 0 Å². The van der Waals surface area contributed by atoms with Crippen molar-refractivity contribution in [2.75, 3.05) is 6.61 Å². The van der Waals surface area contributed by atoms with Crippen LogP contribution in [0.3, 0.4) is 0 Å². The largest absolute Gasteiger partial charge is 0.465 e.